The summed E-state index contributed by atoms with van der Waals surface area (Å²) in [7, 11) is -0.496. The van der Waals surface area contributed by atoms with Crippen molar-refractivity contribution in [1.82, 2.24) is 14.8 Å². The lowest BCUT2D eigenvalue weighted by Gasteiger charge is -2.32. The van der Waals surface area contributed by atoms with Crippen molar-refractivity contribution >= 4 is 29.6 Å². The summed E-state index contributed by atoms with van der Waals surface area (Å²) in [6.07, 6.45) is 3.16. The molecule has 3 rings (SSSR count). The molecule has 1 aliphatic rings. The maximum absolute atomic E-state index is 11.2. The molecule has 1 amide bonds. The van der Waals surface area contributed by atoms with Gasteiger partial charge in [-0.15, -0.1) is 0 Å². The summed E-state index contributed by atoms with van der Waals surface area (Å²) in [5.74, 6) is 0. The smallest absolute Gasteiger partial charge is 0.399 e. The van der Waals surface area contributed by atoms with Crippen LogP contribution in [0, 0.1) is 0 Å². The second-order valence-electron chi connectivity index (χ2n) is 6.16. The Morgan fingerprint density at radius 2 is 1.86 bits per heavy atom. The average Bonchev–Trinajstić information content (AvgIpc) is 2.87. The number of nitrogens with zero attached hydrogens (tertiary/aromatic N) is 3. The summed E-state index contributed by atoms with van der Waals surface area (Å²) in [4.78, 5) is 15.5. The van der Waals surface area contributed by atoms with E-state index in [-0.39, 0.29) is 0 Å². The number of carbonyl (C=O) groups is 1. The van der Waals surface area contributed by atoms with Crippen molar-refractivity contribution in [3.05, 3.63) is 18.5 Å². The molecule has 0 aliphatic carbocycles. The normalized spacial score (nSPS) is 20.1. The summed E-state index contributed by atoms with van der Waals surface area (Å²) >= 11 is 0. The van der Waals surface area contributed by atoms with Crippen LogP contribution in [0.4, 0.5) is 4.79 Å². The molecule has 8 heteroatoms. The number of hydrogen-bond donors (Lipinski definition) is 1. The van der Waals surface area contributed by atoms with E-state index in [1.807, 2.05) is 33.8 Å². The maximum Gasteiger partial charge on any atom is 0.496 e. The first-order valence-electron chi connectivity index (χ1n) is 6.70. The van der Waals surface area contributed by atoms with Gasteiger partial charge in [-0.25, -0.2) is 9.78 Å². The summed E-state index contributed by atoms with van der Waals surface area (Å²) in [5, 5.41) is 4.63. The van der Waals surface area contributed by atoms with Gasteiger partial charge in [-0.2, -0.15) is 9.78 Å². The Balaban J connectivity index is 1.98. The van der Waals surface area contributed by atoms with E-state index >= 15 is 0 Å². The van der Waals surface area contributed by atoms with Crippen LogP contribution in [0.15, 0.2) is 18.5 Å². The number of pyridine rings is 1. The first-order chi connectivity index (χ1) is 9.71. The van der Waals surface area contributed by atoms with Crippen LogP contribution in [0.1, 0.15) is 27.7 Å². The van der Waals surface area contributed by atoms with Crippen LogP contribution in [0.2, 0.25) is 0 Å². The SMILES string of the molecule is CC1(C)OB(c2cnc3c(cnn3C(N)=O)c2)OC1(C)C. The molecule has 21 heavy (non-hydrogen) atoms. The minimum Gasteiger partial charge on any atom is -0.399 e. The van der Waals surface area contributed by atoms with E-state index in [1.54, 1.807) is 12.4 Å². The van der Waals surface area contributed by atoms with Gasteiger partial charge in [0.2, 0.25) is 0 Å². The highest BCUT2D eigenvalue weighted by molar-refractivity contribution is 6.62. The molecule has 0 radical (unpaired) electrons. The van der Waals surface area contributed by atoms with Gasteiger partial charge in [0.05, 0.1) is 17.4 Å². The van der Waals surface area contributed by atoms with Gasteiger partial charge in [0, 0.05) is 17.0 Å². The topological polar surface area (TPSA) is 92.3 Å². The highest BCUT2D eigenvalue weighted by Crippen LogP contribution is 2.36. The van der Waals surface area contributed by atoms with Gasteiger partial charge in [-0.3, -0.25) is 0 Å². The van der Waals surface area contributed by atoms with Crippen molar-refractivity contribution in [3.63, 3.8) is 0 Å². The van der Waals surface area contributed by atoms with Gasteiger partial charge >= 0.3 is 13.1 Å². The summed E-state index contributed by atoms with van der Waals surface area (Å²) < 4.78 is 13.0. The molecule has 1 fully saturated rings. The second-order valence-corrected chi connectivity index (χ2v) is 6.16. The van der Waals surface area contributed by atoms with E-state index in [9.17, 15) is 4.79 Å². The van der Waals surface area contributed by atoms with Crippen LogP contribution in [0.25, 0.3) is 11.0 Å². The van der Waals surface area contributed by atoms with Crippen molar-refractivity contribution in [3.8, 4) is 0 Å². The van der Waals surface area contributed by atoms with E-state index in [0.717, 1.165) is 10.1 Å². The number of nitrogens with two attached hydrogens (primary N) is 1. The fraction of sp³-hybridized carbons (Fsp3) is 0.462. The molecular formula is C13H17BN4O3. The van der Waals surface area contributed by atoms with Gasteiger partial charge in [0.25, 0.3) is 0 Å². The lowest BCUT2D eigenvalue weighted by molar-refractivity contribution is 0.00578. The standard InChI is InChI=1S/C13H17BN4O3/c1-12(2)13(3,4)21-14(20-12)9-5-8-6-17-18(11(15)19)10(8)16-7-9/h5-7H,1-4H3,(H2,15,19). The van der Waals surface area contributed by atoms with Crippen LogP contribution >= 0.6 is 0 Å². The van der Waals surface area contributed by atoms with Crippen molar-refractivity contribution in [2.75, 3.05) is 0 Å². The first-order valence-corrected chi connectivity index (χ1v) is 6.70. The zero-order chi connectivity index (χ0) is 15.4. The number of aromatic nitrogens is 3. The number of primary amides is 1. The Morgan fingerprint density at radius 3 is 2.43 bits per heavy atom. The molecular weight excluding hydrogens is 271 g/mol. The molecule has 2 N–H and O–H groups in total. The predicted molar refractivity (Wildman–Crippen MR) is 78.2 cm³/mol. The Labute approximate surface area is 122 Å². The maximum atomic E-state index is 11.2. The first kappa shape index (κ1) is 14.0. The minimum absolute atomic E-state index is 0.413. The number of fused-ring (bicyclic) bond motifs is 1. The molecule has 0 atom stereocenters. The van der Waals surface area contributed by atoms with Gasteiger partial charge in [0.1, 0.15) is 0 Å². The third-order valence-electron chi connectivity index (χ3n) is 4.16. The van der Waals surface area contributed by atoms with Crippen LogP contribution < -0.4 is 11.2 Å². The summed E-state index contributed by atoms with van der Waals surface area (Å²) in [5.41, 5.74) is 5.60. The highest BCUT2D eigenvalue weighted by Gasteiger charge is 2.51. The van der Waals surface area contributed by atoms with E-state index in [4.69, 9.17) is 15.0 Å². The summed E-state index contributed by atoms with van der Waals surface area (Å²) in [6.45, 7) is 7.96. The molecule has 3 heterocycles. The molecule has 0 aromatic carbocycles. The predicted octanol–water partition coefficient (Wildman–Crippen LogP) is 0.657. The van der Waals surface area contributed by atoms with Gasteiger partial charge in [-0.1, -0.05) is 0 Å². The molecule has 110 valence electrons. The molecule has 1 aliphatic heterocycles. The highest BCUT2D eigenvalue weighted by atomic mass is 16.7. The Kier molecular flexibility index (Phi) is 2.86. The zero-order valence-corrected chi connectivity index (χ0v) is 12.5. The van der Waals surface area contributed by atoms with Crippen molar-refractivity contribution < 1.29 is 14.1 Å². The lowest BCUT2D eigenvalue weighted by atomic mass is 9.80. The van der Waals surface area contributed by atoms with Gasteiger partial charge < -0.3 is 15.0 Å². The van der Waals surface area contributed by atoms with Gasteiger partial charge in [0.15, 0.2) is 5.65 Å². The molecule has 0 spiro atoms. The molecule has 1 saturated heterocycles. The van der Waals surface area contributed by atoms with Crippen LogP contribution in [-0.2, 0) is 9.31 Å². The molecule has 0 bridgehead atoms. The third kappa shape index (κ3) is 2.11. The number of amides is 1. The summed E-state index contributed by atoms with van der Waals surface area (Å²) in [6, 6.07) is 1.18. The van der Waals surface area contributed by atoms with E-state index in [1.165, 1.54) is 0 Å². The average molecular weight is 288 g/mol. The molecule has 2 aromatic rings. The Morgan fingerprint density at radius 1 is 1.24 bits per heavy atom. The van der Waals surface area contributed by atoms with Crippen molar-refractivity contribution in [2.24, 2.45) is 5.73 Å². The third-order valence-corrected chi connectivity index (χ3v) is 4.16. The van der Waals surface area contributed by atoms with Crippen molar-refractivity contribution in [1.29, 1.82) is 0 Å². The van der Waals surface area contributed by atoms with E-state index in [2.05, 4.69) is 10.1 Å². The fourth-order valence-corrected chi connectivity index (χ4v) is 2.21. The minimum atomic E-state index is -0.666. The largest absolute Gasteiger partial charge is 0.496 e. The van der Waals surface area contributed by atoms with E-state index < -0.39 is 24.4 Å². The molecule has 0 saturated carbocycles. The number of hydrogen-bond acceptors (Lipinski definition) is 5. The second kappa shape index (κ2) is 4.28. The fourth-order valence-electron chi connectivity index (χ4n) is 2.21. The van der Waals surface area contributed by atoms with Crippen molar-refractivity contribution in [2.45, 2.75) is 38.9 Å². The van der Waals surface area contributed by atoms with Crippen LogP contribution in [0.5, 0.6) is 0 Å². The Hall–Kier alpha value is -1.93. The molecule has 0 unspecified atom stereocenters. The Bertz CT molecular complexity index is 709. The number of rotatable bonds is 1. The molecule has 2 aromatic heterocycles. The quantitative estimate of drug-likeness (QED) is 0.778. The van der Waals surface area contributed by atoms with Gasteiger partial charge in [-0.05, 0) is 33.8 Å². The molecule has 7 nitrogen and oxygen atoms in total. The van der Waals surface area contributed by atoms with Crippen LogP contribution in [-0.4, -0.2) is 39.1 Å². The lowest BCUT2D eigenvalue weighted by Crippen LogP contribution is -2.41. The van der Waals surface area contributed by atoms with Crippen LogP contribution in [0.3, 0.4) is 0 Å². The zero-order valence-electron chi connectivity index (χ0n) is 12.5. The number of carbonyl (C=O) groups excluding carboxylic acids is 1. The monoisotopic (exact) mass is 288 g/mol. The van der Waals surface area contributed by atoms with E-state index in [0.29, 0.717) is 11.0 Å².